The molecular weight excluding hydrogens is 635 g/mol. The third kappa shape index (κ3) is 5.81. The molecule has 6 nitrogen and oxygen atoms in total. The first-order valence-electron chi connectivity index (χ1n) is 12.4. The molecule has 4 aromatic rings. The van der Waals surface area contributed by atoms with Crippen LogP contribution >= 0.6 is 50.5 Å². The van der Waals surface area contributed by atoms with Gasteiger partial charge in [-0.05, 0) is 67.4 Å². The van der Waals surface area contributed by atoms with Gasteiger partial charge in [0, 0.05) is 20.1 Å². The van der Waals surface area contributed by atoms with Crippen molar-refractivity contribution in [2.75, 3.05) is 6.61 Å². The van der Waals surface area contributed by atoms with E-state index in [2.05, 4.69) is 20.9 Å². The summed E-state index contributed by atoms with van der Waals surface area (Å²) in [4.78, 5) is 32.1. The highest BCUT2D eigenvalue weighted by molar-refractivity contribution is 9.10. The fourth-order valence-electron chi connectivity index (χ4n) is 4.43. The maximum atomic E-state index is 13.9. The molecule has 1 aromatic heterocycles. The summed E-state index contributed by atoms with van der Waals surface area (Å²) < 4.78 is 14.3. The van der Waals surface area contributed by atoms with Crippen LogP contribution in [0.1, 0.15) is 36.6 Å². The molecule has 0 N–H and O–H groups in total. The van der Waals surface area contributed by atoms with E-state index in [1.165, 1.54) is 15.9 Å². The van der Waals surface area contributed by atoms with Gasteiger partial charge in [0.15, 0.2) is 4.80 Å². The second kappa shape index (κ2) is 12.1. The van der Waals surface area contributed by atoms with Crippen LogP contribution in [-0.4, -0.2) is 17.1 Å². The van der Waals surface area contributed by atoms with Crippen LogP contribution in [-0.2, 0) is 16.1 Å². The number of benzene rings is 3. The van der Waals surface area contributed by atoms with E-state index in [4.69, 9.17) is 32.7 Å². The van der Waals surface area contributed by atoms with E-state index in [1.807, 2.05) is 30.3 Å². The van der Waals surface area contributed by atoms with E-state index in [1.54, 1.807) is 56.3 Å². The third-order valence-corrected chi connectivity index (χ3v) is 8.37. The highest BCUT2D eigenvalue weighted by Gasteiger charge is 2.34. The SMILES string of the molecule is CCOC(=O)C1=C(C)N=c2s/c(=C\c3cc(Cl)ccc3OCc3ccc(Br)cc3)c(=O)n2[C@H]1c1ccccc1Cl. The first-order valence-corrected chi connectivity index (χ1v) is 14.7. The Morgan fingerprint density at radius 2 is 1.88 bits per heavy atom. The molecule has 10 heteroatoms. The van der Waals surface area contributed by atoms with Crippen molar-refractivity contribution in [3.8, 4) is 5.75 Å². The second-order valence-electron chi connectivity index (χ2n) is 8.92. The average Bonchev–Trinajstić information content (AvgIpc) is 3.23. The molecule has 0 saturated carbocycles. The molecule has 0 fully saturated rings. The highest BCUT2D eigenvalue weighted by Crippen LogP contribution is 2.34. The van der Waals surface area contributed by atoms with Crippen molar-refractivity contribution in [3.63, 3.8) is 0 Å². The molecule has 0 bridgehead atoms. The lowest BCUT2D eigenvalue weighted by atomic mass is 9.96. The zero-order valence-electron chi connectivity index (χ0n) is 21.5. The maximum absolute atomic E-state index is 13.9. The Morgan fingerprint density at radius 1 is 1.12 bits per heavy atom. The number of rotatable bonds is 7. The van der Waals surface area contributed by atoms with Gasteiger partial charge in [0.05, 0.1) is 22.4 Å². The molecule has 1 aliphatic rings. The highest BCUT2D eigenvalue weighted by atomic mass is 79.9. The minimum absolute atomic E-state index is 0.188. The quantitative estimate of drug-likeness (QED) is 0.214. The number of aromatic nitrogens is 1. The summed E-state index contributed by atoms with van der Waals surface area (Å²) in [6, 6.07) is 19.4. The number of ether oxygens (including phenoxy) is 2. The monoisotopic (exact) mass is 656 g/mol. The van der Waals surface area contributed by atoms with Crippen molar-refractivity contribution in [3.05, 3.63) is 129 Å². The fourth-order valence-corrected chi connectivity index (χ4v) is 6.15. The lowest BCUT2D eigenvalue weighted by molar-refractivity contribution is -0.139. The molecule has 0 amide bonds. The molecule has 0 spiro atoms. The van der Waals surface area contributed by atoms with Crippen LogP contribution in [0.25, 0.3) is 6.08 Å². The van der Waals surface area contributed by atoms with Gasteiger partial charge < -0.3 is 9.47 Å². The largest absolute Gasteiger partial charge is 0.488 e. The van der Waals surface area contributed by atoms with E-state index in [9.17, 15) is 9.59 Å². The summed E-state index contributed by atoms with van der Waals surface area (Å²) in [6.45, 7) is 3.99. The van der Waals surface area contributed by atoms with Gasteiger partial charge in [-0.1, -0.05) is 80.8 Å². The Balaban J connectivity index is 1.63. The van der Waals surface area contributed by atoms with Gasteiger partial charge in [0.1, 0.15) is 18.4 Å². The standard InChI is InChI=1S/C30H23BrCl2N2O4S/c1-3-38-29(37)26-17(2)34-30-35(27(26)22-6-4-5-7-23(22)33)28(36)25(40-30)15-19-14-21(32)12-13-24(19)39-16-18-8-10-20(31)11-9-18/h4-15,27H,3,16H2,1-2H3/b25-15-/t27-/m0/s1. The molecule has 0 radical (unpaired) electrons. The molecule has 0 aliphatic carbocycles. The van der Waals surface area contributed by atoms with Crippen molar-refractivity contribution < 1.29 is 14.3 Å². The molecular formula is C30H23BrCl2N2O4S. The predicted molar refractivity (Wildman–Crippen MR) is 162 cm³/mol. The van der Waals surface area contributed by atoms with Crippen LogP contribution in [0.2, 0.25) is 10.0 Å². The Bertz CT molecular complexity index is 1810. The number of allylic oxidation sites excluding steroid dienone is 1. The summed E-state index contributed by atoms with van der Waals surface area (Å²) in [5.74, 6) is 0.0330. The van der Waals surface area contributed by atoms with E-state index >= 15 is 0 Å². The van der Waals surface area contributed by atoms with Gasteiger partial charge in [0.25, 0.3) is 5.56 Å². The first kappa shape index (κ1) is 28.4. The predicted octanol–water partition coefficient (Wildman–Crippen LogP) is 6.45. The Morgan fingerprint density at radius 3 is 2.60 bits per heavy atom. The van der Waals surface area contributed by atoms with E-state index in [0.717, 1.165) is 10.0 Å². The van der Waals surface area contributed by atoms with Crippen molar-refractivity contribution in [2.24, 2.45) is 4.99 Å². The van der Waals surface area contributed by atoms with Crippen molar-refractivity contribution in [1.29, 1.82) is 0 Å². The topological polar surface area (TPSA) is 69.9 Å². The first-order chi connectivity index (χ1) is 19.3. The smallest absolute Gasteiger partial charge is 0.338 e. The average molecular weight is 658 g/mol. The van der Waals surface area contributed by atoms with Gasteiger partial charge in [-0.15, -0.1) is 0 Å². The Labute approximate surface area is 252 Å². The van der Waals surface area contributed by atoms with E-state index in [0.29, 0.717) is 48.6 Å². The van der Waals surface area contributed by atoms with Gasteiger partial charge in [-0.25, -0.2) is 9.79 Å². The number of carbonyl (C=O) groups is 1. The third-order valence-electron chi connectivity index (χ3n) is 6.28. The molecule has 40 heavy (non-hydrogen) atoms. The van der Waals surface area contributed by atoms with Gasteiger partial charge in [-0.3, -0.25) is 9.36 Å². The van der Waals surface area contributed by atoms with Gasteiger partial charge >= 0.3 is 5.97 Å². The van der Waals surface area contributed by atoms with Gasteiger partial charge in [0.2, 0.25) is 0 Å². The summed E-state index contributed by atoms with van der Waals surface area (Å²) in [6.07, 6.45) is 1.74. The number of thiazole rings is 1. The van der Waals surface area contributed by atoms with Crippen molar-refractivity contribution in [2.45, 2.75) is 26.5 Å². The number of hydrogen-bond donors (Lipinski definition) is 0. The lowest BCUT2D eigenvalue weighted by Gasteiger charge is -2.25. The molecule has 0 saturated heterocycles. The second-order valence-corrected chi connectivity index (χ2v) is 11.7. The summed E-state index contributed by atoms with van der Waals surface area (Å²) in [7, 11) is 0. The van der Waals surface area contributed by atoms with Crippen molar-refractivity contribution in [1.82, 2.24) is 4.57 Å². The minimum Gasteiger partial charge on any atom is -0.488 e. The normalized spacial score (nSPS) is 15.0. The fraction of sp³-hybridized carbons (Fsp3) is 0.167. The van der Waals surface area contributed by atoms with Crippen LogP contribution < -0.4 is 19.6 Å². The zero-order chi connectivity index (χ0) is 28.4. The van der Waals surface area contributed by atoms with E-state index < -0.39 is 12.0 Å². The molecule has 1 atom stereocenters. The van der Waals surface area contributed by atoms with Crippen LogP contribution in [0.3, 0.4) is 0 Å². The minimum atomic E-state index is -0.793. The van der Waals surface area contributed by atoms with E-state index in [-0.39, 0.29) is 17.7 Å². The molecule has 204 valence electrons. The Kier molecular flexibility index (Phi) is 8.61. The number of fused-ring (bicyclic) bond motifs is 1. The lowest BCUT2D eigenvalue weighted by Crippen LogP contribution is -2.40. The van der Waals surface area contributed by atoms with Crippen LogP contribution in [0, 0.1) is 0 Å². The molecule has 3 aromatic carbocycles. The Hall–Kier alpha value is -3.17. The van der Waals surface area contributed by atoms with Crippen LogP contribution in [0.5, 0.6) is 5.75 Å². The number of esters is 1. The molecule has 0 unspecified atom stereocenters. The summed E-state index contributed by atoms with van der Waals surface area (Å²) in [5.41, 5.74) is 2.67. The molecule has 1 aliphatic heterocycles. The van der Waals surface area contributed by atoms with Crippen molar-refractivity contribution >= 4 is 62.5 Å². The van der Waals surface area contributed by atoms with Crippen LogP contribution in [0.15, 0.2) is 92.3 Å². The zero-order valence-corrected chi connectivity index (χ0v) is 25.4. The number of nitrogens with zero attached hydrogens (tertiary/aromatic N) is 2. The van der Waals surface area contributed by atoms with Crippen LogP contribution in [0.4, 0.5) is 0 Å². The number of carbonyl (C=O) groups excluding carboxylic acids is 1. The summed E-state index contributed by atoms with van der Waals surface area (Å²) in [5, 5.41) is 0.932. The number of hydrogen-bond acceptors (Lipinski definition) is 6. The molecule has 5 rings (SSSR count). The summed E-state index contributed by atoms with van der Waals surface area (Å²) >= 11 is 17.6. The molecule has 2 heterocycles. The van der Waals surface area contributed by atoms with Gasteiger partial charge in [-0.2, -0.15) is 0 Å². The maximum Gasteiger partial charge on any atom is 0.338 e. The number of halogens is 3.